The molecule has 0 unspecified atom stereocenters. The molecule has 0 spiro atoms. The van der Waals surface area contributed by atoms with E-state index in [2.05, 4.69) is 15.6 Å². The molecule has 1 aliphatic carbocycles. The molecule has 1 heterocycles. The maximum atomic E-state index is 12.2. The summed E-state index contributed by atoms with van der Waals surface area (Å²) in [5.74, 6) is -0.473. The standard InChI is InChI=1S/C20H23N3O4S/c1-2-3-10-27-19(26)14-6-8-15(9-7-14)21-17(24)11-16-12-28-20(22-16)23-18(25)13-4-5-13/h6-9,12-13H,2-5,10-11H2,1H3,(H,21,24)(H,22,23,25). The van der Waals surface area contributed by atoms with Gasteiger partial charge in [0.1, 0.15) is 0 Å². The third-order valence-electron chi connectivity index (χ3n) is 4.21. The van der Waals surface area contributed by atoms with Crippen LogP contribution in [0.4, 0.5) is 10.8 Å². The van der Waals surface area contributed by atoms with Crippen LogP contribution in [0.25, 0.3) is 0 Å². The van der Waals surface area contributed by atoms with E-state index in [0.717, 1.165) is 25.7 Å². The van der Waals surface area contributed by atoms with E-state index < -0.39 is 0 Å². The highest BCUT2D eigenvalue weighted by Crippen LogP contribution is 2.30. The molecule has 0 saturated heterocycles. The van der Waals surface area contributed by atoms with Crippen LogP contribution in [0, 0.1) is 5.92 Å². The minimum absolute atomic E-state index is 0.00124. The number of aromatic nitrogens is 1. The fraction of sp³-hybridized carbons (Fsp3) is 0.400. The lowest BCUT2D eigenvalue weighted by molar-refractivity contribution is -0.117. The van der Waals surface area contributed by atoms with Gasteiger partial charge in [-0.25, -0.2) is 9.78 Å². The first-order valence-electron chi connectivity index (χ1n) is 9.37. The number of hydrogen-bond donors (Lipinski definition) is 2. The van der Waals surface area contributed by atoms with Crippen molar-refractivity contribution in [2.45, 2.75) is 39.0 Å². The van der Waals surface area contributed by atoms with E-state index in [1.54, 1.807) is 29.6 Å². The number of hydrogen-bond acceptors (Lipinski definition) is 6. The Morgan fingerprint density at radius 1 is 1.18 bits per heavy atom. The highest BCUT2D eigenvalue weighted by molar-refractivity contribution is 7.13. The lowest BCUT2D eigenvalue weighted by Crippen LogP contribution is -2.15. The Morgan fingerprint density at radius 3 is 2.61 bits per heavy atom. The van der Waals surface area contributed by atoms with Gasteiger partial charge in [-0.05, 0) is 43.5 Å². The summed E-state index contributed by atoms with van der Waals surface area (Å²) in [5.41, 5.74) is 1.64. The van der Waals surface area contributed by atoms with Gasteiger partial charge in [0, 0.05) is 17.0 Å². The summed E-state index contributed by atoms with van der Waals surface area (Å²) < 4.78 is 5.15. The molecule has 0 aliphatic heterocycles. The van der Waals surface area contributed by atoms with Crippen LogP contribution in [0.3, 0.4) is 0 Å². The van der Waals surface area contributed by atoms with Crippen LogP contribution in [-0.4, -0.2) is 29.4 Å². The molecular formula is C20H23N3O4S. The average Bonchev–Trinajstić information content (AvgIpc) is 3.44. The Balaban J connectivity index is 1.47. The Kier molecular flexibility index (Phi) is 6.76. The van der Waals surface area contributed by atoms with Crippen molar-refractivity contribution in [1.82, 2.24) is 4.98 Å². The number of carbonyl (C=O) groups excluding carboxylic acids is 3. The summed E-state index contributed by atoms with van der Waals surface area (Å²) in [7, 11) is 0. The first kappa shape index (κ1) is 20.0. The third-order valence-corrected chi connectivity index (χ3v) is 5.01. The van der Waals surface area contributed by atoms with Gasteiger partial charge in [-0.2, -0.15) is 0 Å². The Morgan fingerprint density at radius 2 is 1.93 bits per heavy atom. The maximum absolute atomic E-state index is 12.2. The van der Waals surface area contributed by atoms with Crippen LogP contribution >= 0.6 is 11.3 Å². The normalized spacial score (nSPS) is 13.0. The number of nitrogens with zero attached hydrogens (tertiary/aromatic N) is 1. The van der Waals surface area contributed by atoms with E-state index in [4.69, 9.17) is 4.74 Å². The predicted molar refractivity (Wildman–Crippen MR) is 107 cm³/mol. The molecule has 2 aromatic rings. The van der Waals surface area contributed by atoms with Gasteiger partial charge in [0.05, 0.1) is 24.3 Å². The fourth-order valence-corrected chi connectivity index (χ4v) is 3.16. The van der Waals surface area contributed by atoms with E-state index in [1.807, 2.05) is 6.92 Å². The molecule has 0 atom stereocenters. The molecule has 2 amide bonds. The molecule has 148 valence electrons. The van der Waals surface area contributed by atoms with Crippen molar-refractivity contribution >= 4 is 39.9 Å². The lowest BCUT2D eigenvalue weighted by Gasteiger charge is -2.06. The molecule has 2 N–H and O–H groups in total. The maximum Gasteiger partial charge on any atom is 0.338 e. The van der Waals surface area contributed by atoms with Crippen molar-refractivity contribution in [3.05, 3.63) is 40.9 Å². The van der Waals surface area contributed by atoms with Gasteiger partial charge in [-0.3, -0.25) is 9.59 Å². The molecule has 7 nitrogen and oxygen atoms in total. The van der Waals surface area contributed by atoms with Gasteiger partial charge >= 0.3 is 5.97 Å². The van der Waals surface area contributed by atoms with E-state index in [-0.39, 0.29) is 30.1 Å². The predicted octanol–water partition coefficient (Wildman–Crippen LogP) is 3.63. The third kappa shape index (κ3) is 5.88. The number of amides is 2. The Labute approximate surface area is 167 Å². The molecule has 3 rings (SSSR count). The lowest BCUT2D eigenvalue weighted by atomic mass is 10.2. The van der Waals surface area contributed by atoms with Crippen molar-refractivity contribution in [3.63, 3.8) is 0 Å². The zero-order chi connectivity index (χ0) is 19.9. The van der Waals surface area contributed by atoms with Gasteiger partial charge in [-0.15, -0.1) is 11.3 Å². The molecule has 8 heteroatoms. The average molecular weight is 401 g/mol. The number of benzene rings is 1. The van der Waals surface area contributed by atoms with Gasteiger partial charge in [-0.1, -0.05) is 13.3 Å². The molecule has 1 aliphatic rings. The van der Waals surface area contributed by atoms with E-state index in [1.165, 1.54) is 11.3 Å². The SMILES string of the molecule is CCCCOC(=O)c1ccc(NC(=O)Cc2csc(NC(=O)C3CC3)n2)cc1. The zero-order valence-electron chi connectivity index (χ0n) is 15.7. The van der Waals surface area contributed by atoms with Crippen molar-refractivity contribution in [3.8, 4) is 0 Å². The van der Waals surface area contributed by atoms with Crippen molar-refractivity contribution < 1.29 is 19.1 Å². The molecule has 28 heavy (non-hydrogen) atoms. The van der Waals surface area contributed by atoms with E-state index >= 15 is 0 Å². The smallest absolute Gasteiger partial charge is 0.338 e. The van der Waals surface area contributed by atoms with Gasteiger partial charge in [0.25, 0.3) is 0 Å². The summed E-state index contributed by atoms with van der Waals surface area (Å²) in [5, 5.41) is 7.83. The first-order valence-corrected chi connectivity index (χ1v) is 10.3. The van der Waals surface area contributed by atoms with Gasteiger partial charge < -0.3 is 15.4 Å². The second kappa shape index (κ2) is 9.45. The zero-order valence-corrected chi connectivity index (χ0v) is 16.5. The largest absolute Gasteiger partial charge is 0.462 e. The first-order chi connectivity index (χ1) is 13.5. The number of thiazole rings is 1. The number of ether oxygens (including phenoxy) is 1. The highest BCUT2D eigenvalue weighted by atomic mass is 32.1. The van der Waals surface area contributed by atoms with Gasteiger partial charge in [0.2, 0.25) is 11.8 Å². The minimum atomic E-state index is -0.366. The highest BCUT2D eigenvalue weighted by Gasteiger charge is 2.30. The summed E-state index contributed by atoms with van der Waals surface area (Å²) in [6.45, 7) is 2.44. The van der Waals surface area contributed by atoms with Crippen molar-refractivity contribution in [1.29, 1.82) is 0 Å². The van der Waals surface area contributed by atoms with Gasteiger partial charge in [0.15, 0.2) is 5.13 Å². The molecular weight excluding hydrogens is 378 g/mol. The van der Waals surface area contributed by atoms with E-state index in [0.29, 0.717) is 28.7 Å². The van der Waals surface area contributed by atoms with Crippen LogP contribution in [0.2, 0.25) is 0 Å². The molecule has 1 fully saturated rings. The van der Waals surface area contributed by atoms with Crippen molar-refractivity contribution in [2.75, 3.05) is 17.2 Å². The summed E-state index contributed by atoms with van der Waals surface area (Å²) >= 11 is 1.31. The monoisotopic (exact) mass is 401 g/mol. The number of unbranched alkanes of at least 4 members (excludes halogenated alkanes) is 1. The van der Waals surface area contributed by atoms with Crippen LogP contribution < -0.4 is 10.6 Å². The molecule has 1 saturated carbocycles. The van der Waals surface area contributed by atoms with E-state index in [9.17, 15) is 14.4 Å². The number of carbonyl (C=O) groups is 3. The van der Waals surface area contributed by atoms with Crippen LogP contribution in [0.15, 0.2) is 29.6 Å². The topological polar surface area (TPSA) is 97.4 Å². The Hall–Kier alpha value is -2.74. The van der Waals surface area contributed by atoms with Crippen LogP contribution in [0.1, 0.15) is 48.7 Å². The number of nitrogens with one attached hydrogen (secondary N) is 2. The fourth-order valence-electron chi connectivity index (χ4n) is 2.45. The molecule has 0 bridgehead atoms. The van der Waals surface area contributed by atoms with Crippen LogP contribution in [-0.2, 0) is 20.7 Å². The minimum Gasteiger partial charge on any atom is -0.462 e. The Bertz CT molecular complexity index is 843. The van der Waals surface area contributed by atoms with Crippen molar-refractivity contribution in [2.24, 2.45) is 5.92 Å². The quantitative estimate of drug-likeness (QED) is 0.494. The summed E-state index contributed by atoms with van der Waals surface area (Å²) in [4.78, 5) is 40.1. The second-order valence-corrected chi connectivity index (χ2v) is 7.56. The number of anilines is 2. The molecule has 0 radical (unpaired) electrons. The second-order valence-electron chi connectivity index (χ2n) is 6.70. The number of rotatable bonds is 9. The number of esters is 1. The summed E-state index contributed by atoms with van der Waals surface area (Å²) in [6, 6.07) is 6.57. The summed E-state index contributed by atoms with van der Waals surface area (Å²) in [6.07, 6.45) is 3.77. The molecule has 1 aromatic carbocycles. The molecule has 1 aromatic heterocycles. The van der Waals surface area contributed by atoms with Crippen LogP contribution in [0.5, 0.6) is 0 Å².